The van der Waals surface area contributed by atoms with Crippen LogP contribution >= 0.6 is 0 Å². The first kappa shape index (κ1) is 19.1. The second kappa shape index (κ2) is 7.90. The van der Waals surface area contributed by atoms with Gasteiger partial charge in [-0.05, 0) is 37.0 Å². The van der Waals surface area contributed by atoms with Gasteiger partial charge in [-0.2, -0.15) is 0 Å². The molecule has 0 radical (unpaired) electrons. The van der Waals surface area contributed by atoms with Gasteiger partial charge in [-0.3, -0.25) is 29.4 Å². The molecule has 27 heavy (non-hydrogen) atoms. The van der Waals surface area contributed by atoms with Crippen molar-refractivity contribution in [2.24, 2.45) is 5.92 Å². The molecule has 1 aromatic carbocycles. The number of nitrogens with one attached hydrogen (secondary N) is 2. The highest BCUT2D eigenvalue weighted by Crippen LogP contribution is 2.29. The van der Waals surface area contributed by atoms with Crippen molar-refractivity contribution in [2.45, 2.75) is 52.0 Å². The Morgan fingerprint density at radius 3 is 2.56 bits per heavy atom. The minimum atomic E-state index is -0.928. The van der Waals surface area contributed by atoms with E-state index in [1.165, 1.54) is 6.42 Å². The average molecular weight is 371 g/mol. The second-order valence-corrected chi connectivity index (χ2v) is 7.52. The quantitative estimate of drug-likeness (QED) is 0.566. The van der Waals surface area contributed by atoms with Gasteiger partial charge >= 0.3 is 0 Å². The summed E-state index contributed by atoms with van der Waals surface area (Å²) in [7, 11) is 0. The number of rotatable bonds is 7. The first-order valence-electron chi connectivity index (χ1n) is 9.48. The zero-order chi connectivity index (χ0) is 19.6. The van der Waals surface area contributed by atoms with E-state index in [1.807, 2.05) is 0 Å². The molecule has 7 heteroatoms. The van der Waals surface area contributed by atoms with Crippen molar-refractivity contribution in [2.75, 3.05) is 11.9 Å². The van der Waals surface area contributed by atoms with Crippen LogP contribution in [0.5, 0.6) is 0 Å². The second-order valence-electron chi connectivity index (χ2n) is 7.52. The molecule has 1 aromatic rings. The normalized spacial score (nSPS) is 19.5. The number of hydrogen-bond acceptors (Lipinski definition) is 5. The standard InChI is InChI=1S/C20H25N3O4/c1-12(2)5-3-4-10-21-13-6-7-14-15(11-13)20(27)23(19(14)26)16-8-9-17(24)22-18(16)25/h6-7,11-12,16,21H,3-5,8-10H2,1-2H3,(H,22,24,25). The topological polar surface area (TPSA) is 95.6 Å². The van der Waals surface area contributed by atoms with Crippen LogP contribution in [0.4, 0.5) is 5.69 Å². The van der Waals surface area contributed by atoms with Gasteiger partial charge in [-0.15, -0.1) is 0 Å². The minimum absolute atomic E-state index is 0.118. The van der Waals surface area contributed by atoms with Crippen LogP contribution in [0, 0.1) is 5.92 Å². The number of piperidine rings is 1. The van der Waals surface area contributed by atoms with Crippen molar-refractivity contribution in [3.8, 4) is 0 Å². The Morgan fingerprint density at radius 1 is 1.11 bits per heavy atom. The molecule has 0 bridgehead atoms. The van der Waals surface area contributed by atoms with Crippen molar-refractivity contribution < 1.29 is 19.2 Å². The van der Waals surface area contributed by atoms with Crippen molar-refractivity contribution in [3.05, 3.63) is 29.3 Å². The molecular formula is C20H25N3O4. The molecule has 7 nitrogen and oxygen atoms in total. The fourth-order valence-corrected chi connectivity index (χ4v) is 3.49. The van der Waals surface area contributed by atoms with E-state index in [4.69, 9.17) is 0 Å². The van der Waals surface area contributed by atoms with Gasteiger partial charge in [-0.25, -0.2) is 0 Å². The summed E-state index contributed by atoms with van der Waals surface area (Å²) >= 11 is 0. The van der Waals surface area contributed by atoms with Gasteiger partial charge in [0.2, 0.25) is 11.8 Å². The molecule has 1 atom stereocenters. The molecule has 2 aliphatic heterocycles. The number of hydrogen-bond donors (Lipinski definition) is 2. The van der Waals surface area contributed by atoms with Gasteiger partial charge < -0.3 is 5.32 Å². The zero-order valence-corrected chi connectivity index (χ0v) is 15.7. The Balaban J connectivity index is 1.67. The predicted octanol–water partition coefficient (Wildman–Crippen LogP) is 2.33. The molecule has 2 aliphatic rings. The van der Waals surface area contributed by atoms with E-state index in [0.29, 0.717) is 17.0 Å². The molecule has 0 aromatic heterocycles. The number of carbonyl (C=O) groups is 4. The third-order valence-electron chi connectivity index (χ3n) is 4.98. The Kier molecular flexibility index (Phi) is 5.58. The highest BCUT2D eigenvalue weighted by atomic mass is 16.2. The van der Waals surface area contributed by atoms with E-state index in [1.54, 1.807) is 18.2 Å². The van der Waals surface area contributed by atoms with Crippen molar-refractivity contribution in [1.82, 2.24) is 10.2 Å². The number of fused-ring (bicyclic) bond motifs is 1. The van der Waals surface area contributed by atoms with E-state index in [0.717, 1.165) is 30.0 Å². The Hall–Kier alpha value is -2.70. The average Bonchev–Trinajstić information content (AvgIpc) is 2.86. The minimum Gasteiger partial charge on any atom is -0.385 e. The van der Waals surface area contributed by atoms with Crippen LogP contribution in [0.15, 0.2) is 18.2 Å². The lowest BCUT2D eigenvalue weighted by atomic mass is 10.0. The van der Waals surface area contributed by atoms with Gasteiger partial charge in [0.15, 0.2) is 0 Å². The summed E-state index contributed by atoms with van der Waals surface area (Å²) in [6.45, 7) is 5.19. The first-order valence-corrected chi connectivity index (χ1v) is 9.48. The van der Waals surface area contributed by atoms with E-state index in [9.17, 15) is 19.2 Å². The first-order chi connectivity index (χ1) is 12.9. The maximum atomic E-state index is 12.7. The van der Waals surface area contributed by atoms with Gasteiger partial charge in [0, 0.05) is 18.7 Å². The molecule has 4 amide bonds. The number of unbranched alkanes of at least 4 members (excludes halogenated alkanes) is 1. The number of benzene rings is 1. The van der Waals surface area contributed by atoms with Crippen LogP contribution in [0.1, 0.15) is 66.7 Å². The number of nitrogens with zero attached hydrogens (tertiary/aromatic N) is 1. The third kappa shape index (κ3) is 4.02. The van der Waals surface area contributed by atoms with Crippen LogP contribution in [-0.2, 0) is 9.59 Å². The smallest absolute Gasteiger partial charge is 0.262 e. The van der Waals surface area contributed by atoms with Gasteiger partial charge in [0.05, 0.1) is 11.1 Å². The predicted molar refractivity (Wildman–Crippen MR) is 100 cm³/mol. The highest BCUT2D eigenvalue weighted by molar-refractivity contribution is 6.23. The molecule has 144 valence electrons. The SMILES string of the molecule is CC(C)CCCCNc1ccc2c(c1)C(=O)N(C1CCC(=O)NC1=O)C2=O. The van der Waals surface area contributed by atoms with Gasteiger partial charge in [0.25, 0.3) is 11.8 Å². The highest BCUT2D eigenvalue weighted by Gasteiger charge is 2.44. The number of anilines is 1. The summed E-state index contributed by atoms with van der Waals surface area (Å²) in [6.07, 6.45) is 3.63. The Bertz CT molecular complexity index is 787. The zero-order valence-electron chi connectivity index (χ0n) is 15.7. The van der Waals surface area contributed by atoms with Crippen LogP contribution in [0.2, 0.25) is 0 Å². The monoisotopic (exact) mass is 371 g/mol. The molecule has 3 rings (SSSR count). The molecule has 1 fully saturated rings. The van der Waals surface area contributed by atoms with Crippen LogP contribution in [0.3, 0.4) is 0 Å². The summed E-state index contributed by atoms with van der Waals surface area (Å²) < 4.78 is 0. The lowest BCUT2D eigenvalue weighted by Crippen LogP contribution is -2.54. The lowest BCUT2D eigenvalue weighted by Gasteiger charge is -2.27. The fourth-order valence-electron chi connectivity index (χ4n) is 3.49. The van der Waals surface area contributed by atoms with E-state index in [-0.39, 0.29) is 18.7 Å². The number of imide groups is 2. The number of amides is 4. The summed E-state index contributed by atoms with van der Waals surface area (Å²) in [6, 6.07) is 4.14. The van der Waals surface area contributed by atoms with Crippen LogP contribution in [-0.4, -0.2) is 41.1 Å². The summed E-state index contributed by atoms with van der Waals surface area (Å²) in [5.74, 6) is -1.24. The maximum Gasteiger partial charge on any atom is 0.262 e. The molecule has 2 heterocycles. The van der Waals surface area contributed by atoms with Gasteiger partial charge in [0.1, 0.15) is 6.04 Å². The summed E-state index contributed by atoms with van der Waals surface area (Å²) in [5.41, 5.74) is 1.39. The molecule has 1 saturated heterocycles. The molecule has 0 saturated carbocycles. The number of carbonyl (C=O) groups excluding carboxylic acids is 4. The van der Waals surface area contributed by atoms with Crippen molar-refractivity contribution >= 4 is 29.3 Å². The summed E-state index contributed by atoms with van der Waals surface area (Å²) in [4.78, 5) is 49.7. The van der Waals surface area contributed by atoms with Crippen molar-refractivity contribution in [3.63, 3.8) is 0 Å². The maximum absolute atomic E-state index is 12.7. The van der Waals surface area contributed by atoms with Crippen LogP contribution in [0.25, 0.3) is 0 Å². The molecular weight excluding hydrogens is 346 g/mol. The van der Waals surface area contributed by atoms with E-state index >= 15 is 0 Å². The van der Waals surface area contributed by atoms with Crippen LogP contribution < -0.4 is 10.6 Å². The molecule has 2 N–H and O–H groups in total. The lowest BCUT2D eigenvalue weighted by molar-refractivity contribution is -0.136. The van der Waals surface area contributed by atoms with E-state index in [2.05, 4.69) is 24.5 Å². The fraction of sp³-hybridized carbons (Fsp3) is 0.500. The largest absolute Gasteiger partial charge is 0.385 e. The van der Waals surface area contributed by atoms with E-state index < -0.39 is 23.8 Å². The third-order valence-corrected chi connectivity index (χ3v) is 4.98. The summed E-state index contributed by atoms with van der Waals surface area (Å²) in [5, 5.41) is 5.48. The molecule has 1 unspecified atom stereocenters. The Morgan fingerprint density at radius 2 is 1.85 bits per heavy atom. The van der Waals surface area contributed by atoms with Crippen molar-refractivity contribution in [1.29, 1.82) is 0 Å². The molecule has 0 aliphatic carbocycles. The Labute approximate surface area is 158 Å². The van der Waals surface area contributed by atoms with Gasteiger partial charge in [-0.1, -0.05) is 26.7 Å². The molecule has 0 spiro atoms.